The summed E-state index contributed by atoms with van der Waals surface area (Å²) in [5, 5.41) is 13.3. The summed E-state index contributed by atoms with van der Waals surface area (Å²) in [4.78, 5) is 16.7. The SMILES string of the molecule is C[C@H](c1ccc([S@](C)=O)cc1)N(C)CC(=O)Nc1sc2c(c1C#N)CCCCC2. The van der Waals surface area contributed by atoms with Crippen molar-refractivity contribution in [3.05, 3.63) is 45.8 Å². The van der Waals surface area contributed by atoms with Gasteiger partial charge in [0.15, 0.2) is 0 Å². The first-order chi connectivity index (χ1) is 13.9. The van der Waals surface area contributed by atoms with Gasteiger partial charge in [0.2, 0.25) is 5.91 Å². The molecule has 1 aliphatic rings. The normalized spacial score (nSPS) is 15.8. The molecule has 0 unspecified atom stereocenters. The first-order valence-electron chi connectivity index (χ1n) is 9.88. The van der Waals surface area contributed by atoms with E-state index in [0.29, 0.717) is 10.6 Å². The van der Waals surface area contributed by atoms with E-state index in [2.05, 4.69) is 11.4 Å². The number of carbonyl (C=O) groups excluding carboxylic acids is 1. The number of fused-ring (bicyclic) bond motifs is 1. The van der Waals surface area contributed by atoms with Gasteiger partial charge in [-0.3, -0.25) is 13.9 Å². The number of hydrogen-bond acceptors (Lipinski definition) is 5. The van der Waals surface area contributed by atoms with Gasteiger partial charge in [-0.15, -0.1) is 11.3 Å². The van der Waals surface area contributed by atoms with E-state index in [1.165, 1.54) is 11.3 Å². The molecule has 0 aliphatic heterocycles. The van der Waals surface area contributed by atoms with Crippen LogP contribution in [0.3, 0.4) is 0 Å². The van der Waals surface area contributed by atoms with E-state index in [0.717, 1.165) is 41.7 Å². The third-order valence-corrected chi connectivity index (χ3v) is 7.68. The fourth-order valence-corrected chi connectivity index (χ4v) is 5.45. The second-order valence-corrected chi connectivity index (χ2v) is 10.0. The lowest BCUT2D eigenvalue weighted by Crippen LogP contribution is -2.32. The van der Waals surface area contributed by atoms with Gasteiger partial charge in [-0.2, -0.15) is 5.26 Å². The van der Waals surface area contributed by atoms with E-state index in [1.807, 2.05) is 43.1 Å². The third kappa shape index (κ3) is 5.13. The van der Waals surface area contributed by atoms with E-state index in [9.17, 15) is 14.3 Å². The molecule has 29 heavy (non-hydrogen) atoms. The van der Waals surface area contributed by atoms with Gasteiger partial charge in [-0.05, 0) is 62.9 Å². The lowest BCUT2D eigenvalue weighted by Gasteiger charge is -2.24. The molecule has 0 spiro atoms. The molecule has 1 aromatic carbocycles. The van der Waals surface area contributed by atoms with Gasteiger partial charge in [0.05, 0.1) is 12.1 Å². The summed E-state index contributed by atoms with van der Waals surface area (Å²) in [7, 11) is 0.910. The van der Waals surface area contributed by atoms with Crippen molar-refractivity contribution in [2.75, 3.05) is 25.2 Å². The maximum atomic E-state index is 12.7. The molecule has 0 bridgehead atoms. The predicted octanol–water partition coefficient (Wildman–Crippen LogP) is 4.26. The fourth-order valence-electron chi connectivity index (χ4n) is 3.67. The Balaban J connectivity index is 1.66. The van der Waals surface area contributed by atoms with Crippen LogP contribution in [0.25, 0.3) is 0 Å². The Bertz CT molecular complexity index is 944. The molecular weight excluding hydrogens is 402 g/mol. The third-order valence-electron chi connectivity index (χ3n) is 5.53. The van der Waals surface area contributed by atoms with Crippen molar-refractivity contribution in [1.29, 1.82) is 5.26 Å². The molecule has 0 saturated carbocycles. The van der Waals surface area contributed by atoms with Crippen LogP contribution < -0.4 is 5.32 Å². The van der Waals surface area contributed by atoms with Crippen molar-refractivity contribution >= 4 is 33.0 Å². The van der Waals surface area contributed by atoms with Crippen LogP contribution in [0.1, 0.15) is 53.8 Å². The molecule has 2 atom stereocenters. The molecule has 1 amide bonds. The fraction of sp³-hybridized carbons (Fsp3) is 0.455. The van der Waals surface area contributed by atoms with Crippen molar-refractivity contribution in [3.8, 4) is 6.07 Å². The Kier molecular flexibility index (Phi) is 7.23. The smallest absolute Gasteiger partial charge is 0.239 e. The zero-order valence-electron chi connectivity index (χ0n) is 17.2. The summed E-state index contributed by atoms with van der Waals surface area (Å²) >= 11 is 1.56. The van der Waals surface area contributed by atoms with Crippen LogP contribution in [0.4, 0.5) is 5.00 Å². The average molecular weight is 430 g/mol. The first kappa shape index (κ1) is 21.7. The number of benzene rings is 1. The van der Waals surface area contributed by atoms with Crippen LogP contribution in [-0.2, 0) is 28.4 Å². The van der Waals surface area contributed by atoms with Gasteiger partial charge in [0, 0.05) is 32.9 Å². The van der Waals surface area contributed by atoms with E-state index >= 15 is 0 Å². The van der Waals surface area contributed by atoms with Gasteiger partial charge < -0.3 is 5.32 Å². The summed E-state index contributed by atoms with van der Waals surface area (Å²) < 4.78 is 11.5. The predicted molar refractivity (Wildman–Crippen MR) is 119 cm³/mol. The molecule has 3 rings (SSSR count). The van der Waals surface area contributed by atoms with Crippen LogP contribution in [0.5, 0.6) is 0 Å². The maximum Gasteiger partial charge on any atom is 0.239 e. The van der Waals surface area contributed by atoms with Gasteiger partial charge in [0.25, 0.3) is 0 Å². The summed E-state index contributed by atoms with van der Waals surface area (Å²) in [6.07, 6.45) is 7.05. The van der Waals surface area contributed by atoms with E-state index in [1.54, 1.807) is 17.6 Å². The van der Waals surface area contributed by atoms with Crippen molar-refractivity contribution in [3.63, 3.8) is 0 Å². The first-order valence-corrected chi connectivity index (χ1v) is 12.3. The number of amides is 1. The molecule has 0 radical (unpaired) electrons. The number of rotatable bonds is 6. The molecule has 154 valence electrons. The molecule has 1 N–H and O–H groups in total. The Hall–Kier alpha value is -2.01. The Morgan fingerprint density at radius 3 is 2.62 bits per heavy atom. The highest BCUT2D eigenvalue weighted by Gasteiger charge is 2.22. The summed E-state index contributed by atoms with van der Waals surface area (Å²) in [6.45, 7) is 2.27. The zero-order valence-corrected chi connectivity index (χ0v) is 18.8. The number of nitrogens with zero attached hydrogens (tertiary/aromatic N) is 2. The lowest BCUT2D eigenvalue weighted by atomic mass is 10.1. The van der Waals surface area contributed by atoms with Gasteiger partial charge >= 0.3 is 0 Å². The highest BCUT2D eigenvalue weighted by Crippen LogP contribution is 2.37. The topological polar surface area (TPSA) is 73.2 Å². The molecule has 7 heteroatoms. The molecular formula is C22H27N3O2S2. The number of hydrogen-bond donors (Lipinski definition) is 1. The van der Waals surface area contributed by atoms with Gasteiger partial charge in [-0.25, -0.2) is 0 Å². The quantitative estimate of drug-likeness (QED) is 0.697. The zero-order chi connectivity index (χ0) is 21.0. The monoisotopic (exact) mass is 429 g/mol. The number of nitriles is 1. The molecule has 1 aromatic heterocycles. The van der Waals surface area contributed by atoms with Gasteiger partial charge in [0.1, 0.15) is 11.1 Å². The molecule has 0 fully saturated rings. The van der Waals surface area contributed by atoms with Crippen molar-refractivity contribution in [1.82, 2.24) is 4.90 Å². The van der Waals surface area contributed by atoms with Crippen molar-refractivity contribution in [2.45, 2.75) is 50.0 Å². The maximum absolute atomic E-state index is 12.7. The van der Waals surface area contributed by atoms with Crippen LogP contribution in [0.2, 0.25) is 0 Å². The minimum Gasteiger partial charge on any atom is -0.315 e. The minimum atomic E-state index is -0.998. The van der Waals surface area contributed by atoms with E-state index < -0.39 is 10.8 Å². The lowest BCUT2D eigenvalue weighted by molar-refractivity contribution is -0.117. The number of anilines is 1. The second-order valence-electron chi connectivity index (χ2n) is 7.54. The minimum absolute atomic E-state index is 0.0376. The molecule has 1 aliphatic carbocycles. The van der Waals surface area contributed by atoms with E-state index in [4.69, 9.17) is 0 Å². The summed E-state index contributed by atoms with van der Waals surface area (Å²) in [6, 6.07) is 10.0. The standard InChI is InChI=1S/C22H27N3O2S2/c1-15(16-9-11-17(12-10-16)29(3)27)25(2)14-21(26)24-22-19(13-23)18-7-5-4-6-8-20(18)28-22/h9-12,15H,4-8,14H2,1-3H3,(H,24,26)/t15-,29+/m1/s1. The second kappa shape index (κ2) is 9.66. The number of nitrogens with one attached hydrogen (secondary N) is 1. The number of likely N-dealkylation sites (N-methyl/N-ethyl adjacent to an activating group) is 1. The van der Waals surface area contributed by atoms with Crippen LogP contribution in [0.15, 0.2) is 29.2 Å². The summed E-state index contributed by atoms with van der Waals surface area (Å²) in [5.41, 5.74) is 2.86. The molecule has 5 nitrogen and oxygen atoms in total. The van der Waals surface area contributed by atoms with Crippen molar-refractivity contribution in [2.24, 2.45) is 0 Å². The highest BCUT2D eigenvalue weighted by molar-refractivity contribution is 7.84. The molecule has 0 saturated heterocycles. The Morgan fingerprint density at radius 2 is 1.97 bits per heavy atom. The van der Waals surface area contributed by atoms with Crippen LogP contribution >= 0.6 is 11.3 Å². The van der Waals surface area contributed by atoms with Gasteiger partial charge in [-0.1, -0.05) is 18.6 Å². The Labute approximate surface area is 179 Å². The van der Waals surface area contributed by atoms with Crippen LogP contribution in [0, 0.1) is 11.3 Å². The van der Waals surface area contributed by atoms with Crippen LogP contribution in [-0.4, -0.2) is 34.9 Å². The number of thiophene rings is 1. The van der Waals surface area contributed by atoms with E-state index in [-0.39, 0.29) is 18.5 Å². The number of aryl methyl sites for hydroxylation is 1. The Morgan fingerprint density at radius 1 is 1.28 bits per heavy atom. The summed E-state index contributed by atoms with van der Waals surface area (Å²) in [5.74, 6) is -0.112. The average Bonchev–Trinajstić information content (AvgIpc) is 2.86. The largest absolute Gasteiger partial charge is 0.315 e. The molecule has 1 heterocycles. The highest BCUT2D eigenvalue weighted by atomic mass is 32.2. The van der Waals surface area contributed by atoms with Crippen molar-refractivity contribution < 1.29 is 9.00 Å². The number of carbonyl (C=O) groups is 1. The molecule has 2 aromatic rings.